The number of aromatic amines is 1. The van der Waals surface area contributed by atoms with Crippen LogP contribution in [0.5, 0.6) is 0 Å². The lowest BCUT2D eigenvalue weighted by molar-refractivity contribution is 0.221. The highest BCUT2D eigenvalue weighted by atomic mass is 19.1. The van der Waals surface area contributed by atoms with Crippen LogP contribution < -0.4 is 0 Å². The molecule has 0 atom stereocenters. The molecular weight excluding hydrogens is 351 g/mol. The van der Waals surface area contributed by atoms with E-state index in [1.807, 2.05) is 37.3 Å². The van der Waals surface area contributed by atoms with Gasteiger partial charge >= 0.3 is 0 Å². The fraction of sp³-hybridized carbons (Fsp3) is 0.208. The van der Waals surface area contributed by atoms with Gasteiger partial charge in [0, 0.05) is 16.8 Å². The molecule has 4 rings (SSSR count). The van der Waals surface area contributed by atoms with E-state index in [4.69, 9.17) is 9.40 Å². The molecular formula is C24H23FN2O. The van der Waals surface area contributed by atoms with Crippen LogP contribution >= 0.6 is 0 Å². The number of benzene rings is 2. The first-order valence-corrected chi connectivity index (χ1v) is 9.35. The molecule has 4 heteroatoms. The molecule has 2 heterocycles. The van der Waals surface area contributed by atoms with Crippen LogP contribution in [0.3, 0.4) is 0 Å². The monoisotopic (exact) mass is 374 g/mol. The van der Waals surface area contributed by atoms with Crippen molar-refractivity contribution in [2.45, 2.75) is 33.4 Å². The molecule has 0 radical (unpaired) electrons. The molecule has 0 unspecified atom stereocenters. The first kappa shape index (κ1) is 18.2. The van der Waals surface area contributed by atoms with Crippen LogP contribution in [0.2, 0.25) is 0 Å². The average molecular weight is 374 g/mol. The zero-order chi connectivity index (χ0) is 19.9. The Morgan fingerprint density at radius 2 is 1.61 bits per heavy atom. The highest BCUT2D eigenvalue weighted by Gasteiger charge is 2.20. The van der Waals surface area contributed by atoms with Crippen molar-refractivity contribution in [2.75, 3.05) is 0 Å². The summed E-state index contributed by atoms with van der Waals surface area (Å²) in [6, 6.07) is 19.5. The molecule has 0 aliphatic carbocycles. The van der Waals surface area contributed by atoms with Crippen LogP contribution in [0.15, 0.2) is 65.1 Å². The molecule has 4 aromatic rings. The summed E-state index contributed by atoms with van der Waals surface area (Å²) in [6.45, 7) is 7.17. The van der Waals surface area contributed by atoms with Crippen LogP contribution in [0.25, 0.3) is 34.2 Å². The fourth-order valence-electron chi connectivity index (χ4n) is 3.23. The summed E-state index contributed by atoms with van der Waals surface area (Å²) in [5.41, 5.74) is 4.25. The van der Waals surface area contributed by atoms with Gasteiger partial charge in [-0.2, -0.15) is 0 Å². The molecule has 0 fully saturated rings. The minimum atomic E-state index is -1.40. The summed E-state index contributed by atoms with van der Waals surface area (Å²) in [4.78, 5) is 8.04. The van der Waals surface area contributed by atoms with Crippen LogP contribution in [0, 0.1) is 13.8 Å². The second-order valence-corrected chi connectivity index (χ2v) is 7.64. The first-order chi connectivity index (χ1) is 13.3. The van der Waals surface area contributed by atoms with E-state index in [9.17, 15) is 4.39 Å². The third kappa shape index (κ3) is 3.50. The molecule has 1 N–H and O–H groups in total. The third-order valence-corrected chi connectivity index (χ3v) is 4.88. The van der Waals surface area contributed by atoms with Gasteiger partial charge in [-0.05, 0) is 51.5 Å². The van der Waals surface area contributed by atoms with Gasteiger partial charge in [-0.15, -0.1) is 0 Å². The maximum atomic E-state index is 14.3. The van der Waals surface area contributed by atoms with E-state index in [0.717, 1.165) is 22.5 Å². The summed E-state index contributed by atoms with van der Waals surface area (Å²) in [6.07, 6.45) is 0. The van der Waals surface area contributed by atoms with Crippen molar-refractivity contribution in [3.8, 4) is 34.2 Å². The maximum Gasteiger partial charge on any atom is 0.174 e. The molecule has 0 spiro atoms. The molecule has 0 aliphatic rings. The highest BCUT2D eigenvalue weighted by molar-refractivity contribution is 5.67. The Hall–Kier alpha value is -3.14. The molecule has 0 bridgehead atoms. The molecule has 0 saturated carbocycles. The number of hydrogen-bond donors (Lipinski definition) is 1. The smallest absolute Gasteiger partial charge is 0.174 e. The van der Waals surface area contributed by atoms with Gasteiger partial charge in [0.2, 0.25) is 0 Å². The standard InChI is InChI=1S/C24H23FN2O/c1-15-8-10-17(11-9-15)22-16(2)26-23(27-22)21-13-12-20(28-21)18-6-5-7-19(14-18)24(3,4)25/h5-14H,1-4H3,(H,26,27). The van der Waals surface area contributed by atoms with Crippen LogP contribution in [0.1, 0.15) is 30.7 Å². The van der Waals surface area contributed by atoms with Gasteiger partial charge in [-0.3, -0.25) is 0 Å². The predicted molar refractivity (Wildman–Crippen MR) is 111 cm³/mol. The summed E-state index contributed by atoms with van der Waals surface area (Å²) in [5.74, 6) is 2.02. The molecule has 2 aromatic heterocycles. The molecule has 3 nitrogen and oxygen atoms in total. The van der Waals surface area contributed by atoms with Crippen molar-refractivity contribution in [1.29, 1.82) is 0 Å². The summed E-state index contributed by atoms with van der Waals surface area (Å²) in [5, 5.41) is 0. The number of imidazole rings is 1. The van der Waals surface area contributed by atoms with Crippen LogP contribution in [-0.2, 0) is 5.67 Å². The van der Waals surface area contributed by atoms with Crippen molar-refractivity contribution in [1.82, 2.24) is 9.97 Å². The van der Waals surface area contributed by atoms with E-state index in [-0.39, 0.29) is 0 Å². The van der Waals surface area contributed by atoms with Gasteiger partial charge < -0.3 is 9.40 Å². The number of furan rings is 1. The number of rotatable bonds is 4. The normalized spacial score (nSPS) is 11.8. The van der Waals surface area contributed by atoms with Crippen LogP contribution in [-0.4, -0.2) is 9.97 Å². The fourth-order valence-corrected chi connectivity index (χ4v) is 3.23. The van der Waals surface area contributed by atoms with Crippen molar-refractivity contribution in [3.05, 3.63) is 77.5 Å². The lowest BCUT2D eigenvalue weighted by Gasteiger charge is -2.15. The van der Waals surface area contributed by atoms with E-state index in [1.54, 1.807) is 19.9 Å². The van der Waals surface area contributed by atoms with Gasteiger partial charge in [0.1, 0.15) is 11.4 Å². The van der Waals surface area contributed by atoms with Crippen molar-refractivity contribution < 1.29 is 8.81 Å². The van der Waals surface area contributed by atoms with E-state index in [2.05, 4.69) is 36.2 Å². The number of nitrogens with one attached hydrogen (secondary N) is 1. The van der Waals surface area contributed by atoms with Gasteiger partial charge in [-0.1, -0.05) is 48.0 Å². The number of aryl methyl sites for hydroxylation is 2. The lowest BCUT2D eigenvalue weighted by Crippen LogP contribution is -2.08. The van der Waals surface area contributed by atoms with Gasteiger partial charge in [0.25, 0.3) is 0 Å². The number of nitrogens with zero attached hydrogens (tertiary/aromatic N) is 1. The quantitative estimate of drug-likeness (QED) is 0.425. The van der Waals surface area contributed by atoms with E-state index in [1.165, 1.54) is 5.56 Å². The Balaban J connectivity index is 1.67. The van der Waals surface area contributed by atoms with Crippen molar-refractivity contribution >= 4 is 0 Å². The minimum absolute atomic E-state index is 0.624. The molecule has 0 amide bonds. The summed E-state index contributed by atoms with van der Waals surface area (Å²) < 4.78 is 20.3. The Morgan fingerprint density at radius 1 is 0.893 bits per heavy atom. The Kier molecular flexibility index (Phi) is 4.42. The second-order valence-electron chi connectivity index (χ2n) is 7.64. The molecule has 142 valence electrons. The van der Waals surface area contributed by atoms with Gasteiger partial charge in [0.15, 0.2) is 11.6 Å². The van der Waals surface area contributed by atoms with Gasteiger partial charge in [0.05, 0.1) is 5.69 Å². The van der Waals surface area contributed by atoms with Gasteiger partial charge in [-0.25, -0.2) is 9.37 Å². The van der Waals surface area contributed by atoms with E-state index >= 15 is 0 Å². The van der Waals surface area contributed by atoms with Crippen molar-refractivity contribution in [2.24, 2.45) is 0 Å². The highest BCUT2D eigenvalue weighted by Crippen LogP contribution is 2.32. The number of hydrogen-bond acceptors (Lipinski definition) is 2. The second kappa shape index (κ2) is 6.79. The topological polar surface area (TPSA) is 41.8 Å². The zero-order valence-electron chi connectivity index (χ0n) is 16.5. The first-order valence-electron chi connectivity index (χ1n) is 9.35. The molecule has 0 aliphatic heterocycles. The number of aromatic nitrogens is 2. The minimum Gasteiger partial charge on any atom is -0.453 e. The maximum absolute atomic E-state index is 14.3. The number of halogens is 1. The van der Waals surface area contributed by atoms with E-state index < -0.39 is 5.67 Å². The Morgan fingerprint density at radius 3 is 2.32 bits per heavy atom. The van der Waals surface area contributed by atoms with Crippen molar-refractivity contribution in [3.63, 3.8) is 0 Å². The molecule has 2 aromatic carbocycles. The SMILES string of the molecule is Cc1ccc(-c2nc(-c3ccc(-c4cccc(C(C)(C)F)c4)o3)[nH]c2C)cc1. The summed E-state index contributed by atoms with van der Waals surface area (Å²) >= 11 is 0. The zero-order valence-corrected chi connectivity index (χ0v) is 16.5. The third-order valence-electron chi connectivity index (χ3n) is 4.88. The molecule has 0 saturated heterocycles. The number of H-pyrrole nitrogens is 1. The number of alkyl halides is 1. The Bertz CT molecular complexity index is 1110. The van der Waals surface area contributed by atoms with E-state index in [0.29, 0.717) is 22.9 Å². The molecule has 28 heavy (non-hydrogen) atoms. The summed E-state index contributed by atoms with van der Waals surface area (Å²) in [7, 11) is 0. The largest absolute Gasteiger partial charge is 0.453 e. The Labute approximate surface area is 164 Å². The van der Waals surface area contributed by atoms with Crippen LogP contribution in [0.4, 0.5) is 4.39 Å². The predicted octanol–water partition coefficient (Wildman–Crippen LogP) is 6.83. The average Bonchev–Trinajstić information content (AvgIpc) is 3.29. The lowest BCUT2D eigenvalue weighted by atomic mass is 9.97.